The van der Waals surface area contributed by atoms with E-state index in [4.69, 9.17) is 0 Å². The lowest BCUT2D eigenvalue weighted by Crippen LogP contribution is -2.32. The number of hydrogen-bond donors (Lipinski definition) is 0. The van der Waals surface area contributed by atoms with Crippen molar-refractivity contribution < 1.29 is 4.79 Å². The van der Waals surface area contributed by atoms with Gasteiger partial charge in [0.25, 0.3) is 5.91 Å². The fourth-order valence-electron chi connectivity index (χ4n) is 2.51. The van der Waals surface area contributed by atoms with Crippen molar-refractivity contribution in [1.29, 1.82) is 0 Å². The number of nitrogens with zero attached hydrogens (tertiary/aromatic N) is 1. The molecule has 0 aliphatic heterocycles. The van der Waals surface area contributed by atoms with E-state index in [1.165, 1.54) is 0 Å². The molecule has 0 aliphatic carbocycles. The topological polar surface area (TPSA) is 20.3 Å². The fraction of sp³-hybridized carbons (Fsp3) is 0.0500. The Bertz CT molecular complexity index is 911. The molecule has 0 unspecified atom stereocenters. The lowest BCUT2D eigenvalue weighted by Gasteiger charge is -2.25. The predicted octanol–water partition coefficient (Wildman–Crippen LogP) is 6.35. The van der Waals surface area contributed by atoms with Crippen molar-refractivity contribution in [2.24, 2.45) is 0 Å². The number of rotatable bonds is 4. The first-order valence-corrected chi connectivity index (χ1v) is 10.9. The van der Waals surface area contributed by atoms with Gasteiger partial charge in [-0.1, -0.05) is 42.5 Å². The minimum absolute atomic E-state index is 0.0220. The van der Waals surface area contributed by atoms with Crippen molar-refractivity contribution in [3.8, 4) is 0 Å². The van der Waals surface area contributed by atoms with Crippen LogP contribution in [0.1, 0.15) is 15.9 Å². The van der Waals surface area contributed by atoms with Gasteiger partial charge in [0.05, 0.1) is 17.8 Å². The number of halogens is 3. The molecule has 0 fully saturated rings. The second-order valence-electron chi connectivity index (χ2n) is 5.41. The van der Waals surface area contributed by atoms with E-state index in [-0.39, 0.29) is 5.91 Å². The van der Waals surface area contributed by atoms with E-state index in [9.17, 15) is 4.79 Å². The van der Waals surface area contributed by atoms with Crippen molar-refractivity contribution >= 4 is 79.4 Å². The second-order valence-corrected chi connectivity index (χ2v) is 8.90. The van der Waals surface area contributed by atoms with Gasteiger partial charge in [0.15, 0.2) is 0 Å². The maximum absolute atomic E-state index is 13.3. The largest absolute Gasteiger partial charge is 0.303 e. The molecule has 0 heterocycles. The summed E-state index contributed by atoms with van der Waals surface area (Å²) in [6, 6.07) is 23.9. The molecule has 0 bridgehead atoms. The molecule has 0 atom stereocenters. The van der Waals surface area contributed by atoms with Crippen LogP contribution in [0.15, 0.2) is 72.8 Å². The molecule has 0 aliphatic rings. The maximum atomic E-state index is 13.3. The van der Waals surface area contributed by atoms with Gasteiger partial charge in [-0.05, 0) is 104 Å². The van der Waals surface area contributed by atoms with E-state index in [1.54, 1.807) is 0 Å². The molecular formula is C20H14I3NO. The third-order valence-electron chi connectivity index (χ3n) is 3.78. The molecular weight excluding hydrogens is 651 g/mol. The van der Waals surface area contributed by atoms with Crippen molar-refractivity contribution in [3.05, 3.63) is 94.6 Å². The summed E-state index contributed by atoms with van der Waals surface area (Å²) in [5.74, 6) is 0.0220. The summed E-state index contributed by atoms with van der Waals surface area (Å²) in [7, 11) is 0. The highest BCUT2D eigenvalue weighted by Crippen LogP contribution is 2.28. The molecule has 2 nitrogen and oxygen atoms in total. The van der Waals surface area contributed by atoms with E-state index >= 15 is 0 Å². The van der Waals surface area contributed by atoms with Crippen LogP contribution in [0.5, 0.6) is 0 Å². The SMILES string of the molecule is O=C(c1ccccc1I)N(Cc1ccccc1I)c1ccccc1I. The van der Waals surface area contributed by atoms with Gasteiger partial charge in [0, 0.05) is 10.7 Å². The van der Waals surface area contributed by atoms with Gasteiger partial charge in [-0.3, -0.25) is 4.79 Å². The Morgan fingerprint density at radius 1 is 0.720 bits per heavy atom. The van der Waals surface area contributed by atoms with Crippen molar-refractivity contribution in [3.63, 3.8) is 0 Å². The predicted molar refractivity (Wildman–Crippen MR) is 128 cm³/mol. The highest BCUT2D eigenvalue weighted by Gasteiger charge is 2.22. The summed E-state index contributed by atoms with van der Waals surface area (Å²) in [5, 5.41) is 0. The van der Waals surface area contributed by atoms with Gasteiger partial charge in [-0.15, -0.1) is 0 Å². The Morgan fingerprint density at radius 2 is 1.28 bits per heavy atom. The summed E-state index contributed by atoms with van der Waals surface area (Å²) >= 11 is 6.84. The average Bonchev–Trinajstić information content (AvgIpc) is 2.62. The van der Waals surface area contributed by atoms with E-state index in [0.29, 0.717) is 6.54 Å². The third-order valence-corrected chi connectivity index (χ3v) is 6.68. The molecule has 0 saturated heterocycles. The Kier molecular flexibility index (Phi) is 6.73. The van der Waals surface area contributed by atoms with Gasteiger partial charge < -0.3 is 4.90 Å². The third kappa shape index (κ3) is 4.54. The highest BCUT2D eigenvalue weighted by atomic mass is 127. The molecule has 0 aromatic heterocycles. The zero-order valence-electron chi connectivity index (χ0n) is 13.1. The lowest BCUT2D eigenvalue weighted by atomic mass is 10.1. The maximum Gasteiger partial charge on any atom is 0.259 e. The van der Waals surface area contributed by atoms with Crippen LogP contribution in [0.4, 0.5) is 5.69 Å². The molecule has 126 valence electrons. The number of para-hydroxylation sites is 1. The number of anilines is 1. The Hall–Kier alpha value is -0.680. The van der Waals surface area contributed by atoms with E-state index < -0.39 is 0 Å². The average molecular weight is 665 g/mol. The number of amides is 1. The molecule has 5 heteroatoms. The summed E-state index contributed by atoms with van der Waals surface area (Å²) < 4.78 is 3.18. The van der Waals surface area contributed by atoms with Crippen LogP contribution in [-0.2, 0) is 6.54 Å². The Labute approximate surface area is 188 Å². The highest BCUT2D eigenvalue weighted by molar-refractivity contribution is 14.1. The molecule has 1 amide bonds. The zero-order chi connectivity index (χ0) is 17.8. The van der Waals surface area contributed by atoms with Gasteiger partial charge in [0.1, 0.15) is 0 Å². The van der Waals surface area contributed by atoms with Crippen LogP contribution in [0, 0.1) is 10.7 Å². The second kappa shape index (κ2) is 8.81. The van der Waals surface area contributed by atoms with Crippen LogP contribution >= 0.6 is 67.8 Å². The first-order valence-electron chi connectivity index (χ1n) is 7.62. The van der Waals surface area contributed by atoms with Crippen molar-refractivity contribution in [2.45, 2.75) is 6.54 Å². The molecule has 3 rings (SSSR count). The van der Waals surface area contributed by atoms with E-state index in [0.717, 1.165) is 27.5 Å². The van der Waals surface area contributed by atoms with Crippen LogP contribution in [0.25, 0.3) is 0 Å². The smallest absolute Gasteiger partial charge is 0.259 e. The first kappa shape index (κ1) is 19.1. The number of benzene rings is 3. The Balaban J connectivity index is 2.06. The van der Waals surface area contributed by atoms with Gasteiger partial charge in [-0.25, -0.2) is 0 Å². The number of hydrogen-bond acceptors (Lipinski definition) is 1. The summed E-state index contributed by atoms with van der Waals surface area (Å²) in [6.45, 7) is 0.545. The van der Waals surface area contributed by atoms with Crippen LogP contribution in [0.2, 0.25) is 0 Å². The zero-order valence-corrected chi connectivity index (χ0v) is 19.6. The molecule has 0 spiro atoms. The number of carbonyl (C=O) groups excluding carboxylic acids is 1. The minimum atomic E-state index is 0.0220. The molecule has 25 heavy (non-hydrogen) atoms. The Morgan fingerprint density at radius 3 is 1.92 bits per heavy atom. The molecule has 0 radical (unpaired) electrons. The van der Waals surface area contributed by atoms with Crippen LogP contribution in [-0.4, -0.2) is 5.91 Å². The fourth-order valence-corrected chi connectivity index (χ4v) is 4.37. The quantitative estimate of drug-likeness (QED) is 0.298. The summed E-state index contributed by atoms with van der Waals surface area (Å²) in [6.07, 6.45) is 0. The molecule has 0 saturated carbocycles. The number of carbonyl (C=O) groups is 1. The van der Waals surface area contributed by atoms with Crippen molar-refractivity contribution in [2.75, 3.05) is 4.90 Å². The monoisotopic (exact) mass is 665 g/mol. The molecule has 0 N–H and O–H groups in total. The summed E-state index contributed by atoms with van der Waals surface area (Å²) in [5.41, 5.74) is 2.81. The lowest BCUT2D eigenvalue weighted by molar-refractivity contribution is 0.0984. The summed E-state index contributed by atoms with van der Waals surface area (Å²) in [4.78, 5) is 15.2. The van der Waals surface area contributed by atoms with E-state index in [2.05, 4.69) is 79.9 Å². The molecule has 3 aromatic rings. The minimum Gasteiger partial charge on any atom is -0.303 e. The van der Waals surface area contributed by atoms with Crippen LogP contribution < -0.4 is 4.90 Å². The first-order chi connectivity index (χ1) is 12.1. The van der Waals surface area contributed by atoms with Crippen molar-refractivity contribution in [1.82, 2.24) is 0 Å². The van der Waals surface area contributed by atoms with Gasteiger partial charge in [-0.2, -0.15) is 0 Å². The molecule has 3 aromatic carbocycles. The van der Waals surface area contributed by atoms with Crippen LogP contribution in [0.3, 0.4) is 0 Å². The normalized spacial score (nSPS) is 10.5. The van der Waals surface area contributed by atoms with Gasteiger partial charge >= 0.3 is 0 Å². The van der Waals surface area contributed by atoms with Gasteiger partial charge in [0.2, 0.25) is 0 Å². The van der Waals surface area contributed by atoms with E-state index in [1.807, 2.05) is 65.6 Å². The standard InChI is InChI=1S/C20H14I3NO/c21-16-9-3-1-7-14(16)13-24(19-12-6-5-11-18(19)23)20(25)15-8-2-4-10-17(15)22/h1-12H,13H2.